The SMILES string of the molecule is NCc1ccc(N2CCC[C@H]3CCCC[C@H]32)c(F)c1Br. The number of hydrogen-bond acceptors (Lipinski definition) is 2. The molecule has 1 aromatic rings. The van der Waals surface area contributed by atoms with E-state index in [9.17, 15) is 4.39 Å². The molecule has 1 aromatic carbocycles. The first-order valence-electron chi connectivity index (χ1n) is 7.66. The molecule has 20 heavy (non-hydrogen) atoms. The van der Waals surface area contributed by atoms with Gasteiger partial charge in [0.15, 0.2) is 5.82 Å². The molecule has 2 atom stereocenters. The minimum atomic E-state index is -0.140. The van der Waals surface area contributed by atoms with Crippen LogP contribution in [0.1, 0.15) is 44.1 Å². The molecule has 1 saturated heterocycles. The van der Waals surface area contributed by atoms with Gasteiger partial charge in [-0.15, -0.1) is 0 Å². The summed E-state index contributed by atoms with van der Waals surface area (Å²) in [4.78, 5) is 2.31. The lowest BCUT2D eigenvalue weighted by atomic mass is 9.78. The third-order valence-corrected chi connectivity index (χ3v) is 5.77. The standard InChI is InChI=1S/C16H22BrFN2/c17-15-12(10-19)7-8-14(16(15)18)20-9-3-5-11-4-1-2-6-13(11)20/h7-8,11,13H,1-6,9-10,19H2/t11-,13-/m1/s1. The maximum absolute atomic E-state index is 14.6. The molecule has 1 saturated carbocycles. The summed E-state index contributed by atoms with van der Waals surface area (Å²) in [7, 11) is 0. The number of nitrogens with two attached hydrogens (primary N) is 1. The van der Waals surface area contributed by atoms with Gasteiger partial charge in [-0.2, -0.15) is 0 Å². The van der Waals surface area contributed by atoms with Crippen LogP contribution in [-0.2, 0) is 6.54 Å². The summed E-state index contributed by atoms with van der Waals surface area (Å²) in [6.45, 7) is 1.34. The van der Waals surface area contributed by atoms with E-state index >= 15 is 0 Å². The number of fused-ring (bicyclic) bond motifs is 1. The van der Waals surface area contributed by atoms with Crippen molar-refractivity contribution < 1.29 is 4.39 Å². The minimum Gasteiger partial charge on any atom is -0.366 e. The molecular weight excluding hydrogens is 319 g/mol. The van der Waals surface area contributed by atoms with Gasteiger partial charge in [-0.3, -0.25) is 0 Å². The Hall–Kier alpha value is -0.610. The number of halogens is 2. The smallest absolute Gasteiger partial charge is 0.160 e. The molecule has 4 heteroatoms. The molecule has 0 spiro atoms. The lowest BCUT2D eigenvalue weighted by Crippen LogP contribution is -2.47. The van der Waals surface area contributed by atoms with E-state index in [1.54, 1.807) is 0 Å². The summed E-state index contributed by atoms with van der Waals surface area (Å²) >= 11 is 3.36. The van der Waals surface area contributed by atoms with Gasteiger partial charge in [0.05, 0.1) is 10.2 Å². The van der Waals surface area contributed by atoms with Gasteiger partial charge >= 0.3 is 0 Å². The molecular formula is C16H22BrFN2. The van der Waals surface area contributed by atoms with E-state index in [-0.39, 0.29) is 5.82 Å². The number of rotatable bonds is 2. The van der Waals surface area contributed by atoms with Crippen molar-refractivity contribution in [1.29, 1.82) is 0 Å². The van der Waals surface area contributed by atoms with Crippen molar-refractivity contribution in [2.75, 3.05) is 11.4 Å². The molecule has 0 radical (unpaired) electrons. The predicted octanol–water partition coefficient (Wildman–Crippen LogP) is 4.21. The highest BCUT2D eigenvalue weighted by molar-refractivity contribution is 9.10. The monoisotopic (exact) mass is 340 g/mol. The van der Waals surface area contributed by atoms with Crippen molar-refractivity contribution in [3.05, 3.63) is 28.0 Å². The Labute approximate surface area is 128 Å². The van der Waals surface area contributed by atoms with Crippen LogP contribution < -0.4 is 10.6 Å². The van der Waals surface area contributed by atoms with Crippen LogP contribution in [0.3, 0.4) is 0 Å². The topological polar surface area (TPSA) is 29.3 Å². The maximum atomic E-state index is 14.6. The zero-order chi connectivity index (χ0) is 14.1. The molecule has 0 aromatic heterocycles. The van der Waals surface area contributed by atoms with Crippen LogP contribution in [0.4, 0.5) is 10.1 Å². The van der Waals surface area contributed by atoms with Crippen LogP contribution in [0, 0.1) is 11.7 Å². The molecule has 2 aliphatic rings. The largest absolute Gasteiger partial charge is 0.366 e. The lowest BCUT2D eigenvalue weighted by Gasteiger charge is -2.45. The quantitative estimate of drug-likeness (QED) is 0.873. The first kappa shape index (κ1) is 14.3. The Bertz CT molecular complexity index is 490. The van der Waals surface area contributed by atoms with Gasteiger partial charge < -0.3 is 10.6 Å². The van der Waals surface area contributed by atoms with Gasteiger partial charge in [0.2, 0.25) is 0 Å². The normalized spacial score (nSPS) is 26.4. The van der Waals surface area contributed by atoms with Gasteiger partial charge in [0, 0.05) is 19.1 Å². The number of piperidine rings is 1. The molecule has 2 nitrogen and oxygen atoms in total. The lowest BCUT2D eigenvalue weighted by molar-refractivity contribution is 0.242. The highest BCUT2D eigenvalue weighted by Gasteiger charge is 2.34. The van der Waals surface area contributed by atoms with E-state index in [1.807, 2.05) is 12.1 Å². The zero-order valence-electron chi connectivity index (χ0n) is 11.7. The van der Waals surface area contributed by atoms with Crippen molar-refractivity contribution in [3.63, 3.8) is 0 Å². The summed E-state index contributed by atoms with van der Waals surface area (Å²) in [6.07, 6.45) is 7.63. The van der Waals surface area contributed by atoms with E-state index in [1.165, 1.54) is 38.5 Å². The molecule has 1 aliphatic carbocycles. The molecule has 110 valence electrons. The molecule has 1 aliphatic heterocycles. The Morgan fingerprint density at radius 2 is 1.95 bits per heavy atom. The second-order valence-electron chi connectivity index (χ2n) is 6.02. The fourth-order valence-electron chi connectivity index (χ4n) is 3.88. The molecule has 0 unspecified atom stereocenters. The molecule has 0 bridgehead atoms. The van der Waals surface area contributed by atoms with Crippen molar-refractivity contribution in [1.82, 2.24) is 0 Å². The second kappa shape index (κ2) is 6.02. The summed E-state index contributed by atoms with van der Waals surface area (Å²) in [5, 5.41) is 0. The molecule has 0 amide bonds. The second-order valence-corrected chi connectivity index (χ2v) is 6.82. The molecule has 3 rings (SSSR count). The van der Waals surface area contributed by atoms with Crippen LogP contribution in [0.5, 0.6) is 0 Å². The van der Waals surface area contributed by atoms with E-state index in [0.717, 1.165) is 23.7 Å². The van der Waals surface area contributed by atoms with Crippen molar-refractivity contribution in [2.45, 2.75) is 51.1 Å². The van der Waals surface area contributed by atoms with Crippen molar-refractivity contribution in [3.8, 4) is 0 Å². The van der Waals surface area contributed by atoms with E-state index < -0.39 is 0 Å². The first-order valence-corrected chi connectivity index (χ1v) is 8.45. The highest BCUT2D eigenvalue weighted by atomic mass is 79.9. The third-order valence-electron chi connectivity index (χ3n) is 4.91. The fraction of sp³-hybridized carbons (Fsp3) is 0.625. The van der Waals surface area contributed by atoms with Crippen LogP contribution in [0.15, 0.2) is 16.6 Å². The van der Waals surface area contributed by atoms with Crippen LogP contribution in [0.2, 0.25) is 0 Å². The van der Waals surface area contributed by atoms with E-state index in [2.05, 4.69) is 20.8 Å². The maximum Gasteiger partial charge on any atom is 0.160 e. The van der Waals surface area contributed by atoms with E-state index in [0.29, 0.717) is 17.1 Å². The van der Waals surface area contributed by atoms with Crippen molar-refractivity contribution >= 4 is 21.6 Å². The number of anilines is 1. The Morgan fingerprint density at radius 3 is 2.75 bits per heavy atom. The Kier molecular flexibility index (Phi) is 4.32. The van der Waals surface area contributed by atoms with Crippen LogP contribution in [-0.4, -0.2) is 12.6 Å². The zero-order valence-corrected chi connectivity index (χ0v) is 13.3. The first-order chi connectivity index (χ1) is 9.72. The van der Waals surface area contributed by atoms with Gasteiger partial charge in [-0.1, -0.05) is 18.9 Å². The molecule has 2 N–H and O–H groups in total. The van der Waals surface area contributed by atoms with E-state index in [4.69, 9.17) is 5.73 Å². The van der Waals surface area contributed by atoms with Gasteiger partial charge in [-0.25, -0.2) is 4.39 Å². The van der Waals surface area contributed by atoms with Crippen LogP contribution >= 0.6 is 15.9 Å². The predicted molar refractivity (Wildman–Crippen MR) is 84.3 cm³/mol. The summed E-state index contributed by atoms with van der Waals surface area (Å²) in [5.41, 5.74) is 7.24. The number of hydrogen-bond donors (Lipinski definition) is 1. The highest BCUT2D eigenvalue weighted by Crippen LogP contribution is 2.40. The molecule has 1 heterocycles. The Balaban J connectivity index is 1.93. The fourth-order valence-corrected chi connectivity index (χ4v) is 4.38. The number of nitrogens with zero attached hydrogens (tertiary/aromatic N) is 1. The summed E-state index contributed by atoms with van der Waals surface area (Å²) < 4.78 is 15.2. The molecule has 2 fully saturated rings. The third kappa shape index (κ3) is 2.48. The van der Waals surface area contributed by atoms with Gasteiger partial charge in [0.25, 0.3) is 0 Å². The van der Waals surface area contributed by atoms with Crippen molar-refractivity contribution in [2.24, 2.45) is 11.7 Å². The minimum absolute atomic E-state index is 0.140. The van der Waals surface area contributed by atoms with Gasteiger partial charge in [0.1, 0.15) is 0 Å². The Morgan fingerprint density at radius 1 is 1.20 bits per heavy atom. The summed E-state index contributed by atoms with van der Waals surface area (Å²) in [5.74, 6) is 0.615. The average Bonchev–Trinajstić information content (AvgIpc) is 2.50. The average molecular weight is 341 g/mol. The van der Waals surface area contributed by atoms with Gasteiger partial charge in [-0.05, 0) is 59.2 Å². The van der Waals surface area contributed by atoms with Crippen LogP contribution in [0.25, 0.3) is 0 Å². The number of benzene rings is 1. The summed E-state index contributed by atoms with van der Waals surface area (Å²) in [6, 6.07) is 4.40.